The quantitative estimate of drug-likeness (QED) is 0.528. The number of nitro benzene ring substituents is 1. The summed E-state index contributed by atoms with van der Waals surface area (Å²) in [5.74, 6) is 0.0735. The van der Waals surface area contributed by atoms with Crippen molar-refractivity contribution in [3.05, 3.63) is 63.8 Å². The lowest BCUT2D eigenvalue weighted by Gasteiger charge is -2.05. The van der Waals surface area contributed by atoms with Crippen molar-refractivity contribution in [3.8, 4) is 0 Å². The van der Waals surface area contributed by atoms with Crippen molar-refractivity contribution in [1.29, 1.82) is 0 Å². The number of aromatic nitrogens is 1. The lowest BCUT2D eigenvalue weighted by atomic mass is 10.2. The second-order valence-corrected chi connectivity index (χ2v) is 4.47. The van der Waals surface area contributed by atoms with Crippen LogP contribution in [0.4, 0.5) is 11.5 Å². The molecule has 0 bridgehead atoms. The first-order chi connectivity index (χ1) is 9.60. The summed E-state index contributed by atoms with van der Waals surface area (Å²) < 4.78 is 0. The summed E-state index contributed by atoms with van der Waals surface area (Å²) in [5.41, 5.74) is 1.08. The molecule has 102 valence electrons. The van der Waals surface area contributed by atoms with Gasteiger partial charge in [-0.25, -0.2) is 4.98 Å². The van der Waals surface area contributed by atoms with Gasteiger partial charge in [-0.3, -0.25) is 14.9 Å². The van der Waals surface area contributed by atoms with Crippen LogP contribution in [-0.2, 0) is 5.33 Å². The maximum atomic E-state index is 12.0. The van der Waals surface area contributed by atoms with Crippen molar-refractivity contribution in [2.24, 2.45) is 0 Å². The third-order valence-electron chi connectivity index (χ3n) is 2.53. The van der Waals surface area contributed by atoms with Crippen LogP contribution in [0.2, 0.25) is 0 Å². The number of alkyl halides is 1. The van der Waals surface area contributed by atoms with Crippen molar-refractivity contribution in [3.63, 3.8) is 0 Å². The van der Waals surface area contributed by atoms with Gasteiger partial charge in [0.25, 0.3) is 11.6 Å². The molecule has 0 fully saturated rings. The van der Waals surface area contributed by atoms with E-state index >= 15 is 0 Å². The molecule has 1 N–H and O–H groups in total. The summed E-state index contributed by atoms with van der Waals surface area (Å²) in [6.07, 6.45) is 0. The molecular weight excluding hydrogens is 326 g/mol. The van der Waals surface area contributed by atoms with Gasteiger partial charge < -0.3 is 5.32 Å². The molecule has 0 unspecified atom stereocenters. The molecule has 0 aliphatic carbocycles. The normalized spacial score (nSPS) is 10.1. The van der Waals surface area contributed by atoms with Crippen LogP contribution in [0.3, 0.4) is 0 Å². The second kappa shape index (κ2) is 6.25. The van der Waals surface area contributed by atoms with E-state index in [1.165, 1.54) is 24.3 Å². The van der Waals surface area contributed by atoms with E-state index in [9.17, 15) is 14.9 Å². The number of hydrogen-bond acceptors (Lipinski definition) is 4. The number of pyridine rings is 1. The van der Waals surface area contributed by atoms with E-state index in [4.69, 9.17) is 0 Å². The Morgan fingerprint density at radius 3 is 2.55 bits per heavy atom. The summed E-state index contributed by atoms with van der Waals surface area (Å²) in [7, 11) is 0. The Hall–Kier alpha value is -2.28. The second-order valence-electron chi connectivity index (χ2n) is 3.91. The minimum Gasteiger partial charge on any atom is -0.307 e. The van der Waals surface area contributed by atoms with Crippen LogP contribution >= 0.6 is 15.9 Å². The zero-order valence-corrected chi connectivity index (χ0v) is 11.8. The Bertz CT molecular complexity index is 644. The highest BCUT2D eigenvalue weighted by Crippen LogP contribution is 2.14. The minimum absolute atomic E-state index is 0.0547. The van der Waals surface area contributed by atoms with E-state index in [0.29, 0.717) is 16.7 Å². The number of benzene rings is 1. The third-order valence-corrected chi connectivity index (χ3v) is 3.10. The average molecular weight is 336 g/mol. The number of hydrogen-bond donors (Lipinski definition) is 1. The number of nitrogens with zero attached hydrogens (tertiary/aromatic N) is 2. The maximum absolute atomic E-state index is 12.0. The molecule has 0 saturated carbocycles. The highest BCUT2D eigenvalue weighted by molar-refractivity contribution is 9.08. The molecule has 1 aromatic carbocycles. The summed E-state index contributed by atoms with van der Waals surface area (Å²) in [6, 6.07) is 10.7. The molecule has 7 heteroatoms. The van der Waals surface area contributed by atoms with Gasteiger partial charge >= 0.3 is 0 Å². The lowest BCUT2D eigenvalue weighted by Crippen LogP contribution is -2.13. The minimum atomic E-state index is -0.511. The van der Waals surface area contributed by atoms with E-state index in [2.05, 4.69) is 26.2 Å². The molecule has 0 aliphatic heterocycles. The maximum Gasteiger partial charge on any atom is 0.269 e. The lowest BCUT2D eigenvalue weighted by molar-refractivity contribution is -0.384. The van der Waals surface area contributed by atoms with Crippen LogP contribution in [-0.4, -0.2) is 15.8 Å². The molecular formula is C13H10BrN3O3. The van der Waals surface area contributed by atoms with Crippen LogP contribution in [0, 0.1) is 10.1 Å². The zero-order valence-electron chi connectivity index (χ0n) is 10.2. The molecule has 1 amide bonds. The number of carbonyl (C=O) groups is 1. The summed E-state index contributed by atoms with van der Waals surface area (Å²) in [6.45, 7) is 0. The third kappa shape index (κ3) is 3.39. The number of carbonyl (C=O) groups excluding carboxylic acids is 1. The summed E-state index contributed by atoms with van der Waals surface area (Å²) in [4.78, 5) is 26.2. The smallest absolute Gasteiger partial charge is 0.269 e. The van der Waals surface area contributed by atoms with Gasteiger partial charge in [-0.1, -0.05) is 22.0 Å². The van der Waals surface area contributed by atoms with Crippen molar-refractivity contribution in [2.45, 2.75) is 5.33 Å². The Kier molecular flexibility index (Phi) is 4.41. The highest BCUT2D eigenvalue weighted by Gasteiger charge is 2.10. The fraction of sp³-hybridized carbons (Fsp3) is 0.0769. The first-order valence-electron chi connectivity index (χ1n) is 5.68. The monoisotopic (exact) mass is 335 g/mol. The van der Waals surface area contributed by atoms with E-state index in [0.717, 1.165) is 5.69 Å². The standard InChI is InChI=1S/C13H10BrN3O3/c14-8-10-2-1-3-12(15-10)16-13(18)9-4-6-11(7-5-9)17(19)20/h1-7H,8H2,(H,15,16,18). The molecule has 1 heterocycles. The summed E-state index contributed by atoms with van der Waals surface area (Å²) in [5, 5.41) is 13.8. The number of nitrogens with one attached hydrogen (secondary N) is 1. The topological polar surface area (TPSA) is 85.1 Å². The van der Waals surface area contributed by atoms with Crippen LogP contribution in [0.15, 0.2) is 42.5 Å². The molecule has 0 saturated heterocycles. The molecule has 2 aromatic rings. The molecule has 0 aliphatic rings. The van der Waals surface area contributed by atoms with Gasteiger partial charge in [-0.15, -0.1) is 0 Å². The van der Waals surface area contributed by atoms with E-state index in [1.807, 2.05) is 6.07 Å². The molecule has 2 rings (SSSR count). The molecule has 20 heavy (non-hydrogen) atoms. The Morgan fingerprint density at radius 1 is 1.25 bits per heavy atom. The van der Waals surface area contributed by atoms with Crippen molar-refractivity contribution >= 4 is 33.3 Å². The molecule has 0 spiro atoms. The van der Waals surface area contributed by atoms with E-state index in [-0.39, 0.29) is 11.6 Å². The van der Waals surface area contributed by atoms with Crippen LogP contribution < -0.4 is 5.32 Å². The zero-order chi connectivity index (χ0) is 14.5. The van der Waals surface area contributed by atoms with Crippen molar-refractivity contribution in [2.75, 3.05) is 5.32 Å². The average Bonchev–Trinajstić information content (AvgIpc) is 2.47. The van der Waals surface area contributed by atoms with Crippen molar-refractivity contribution in [1.82, 2.24) is 4.98 Å². The van der Waals surface area contributed by atoms with Gasteiger partial charge in [0, 0.05) is 23.0 Å². The van der Waals surface area contributed by atoms with E-state index in [1.54, 1.807) is 12.1 Å². The fourth-order valence-corrected chi connectivity index (χ4v) is 1.86. The Balaban J connectivity index is 2.13. The number of rotatable bonds is 4. The SMILES string of the molecule is O=C(Nc1cccc(CBr)n1)c1ccc([N+](=O)[O-])cc1. The summed E-state index contributed by atoms with van der Waals surface area (Å²) >= 11 is 3.29. The molecule has 0 atom stereocenters. The number of amides is 1. The largest absolute Gasteiger partial charge is 0.307 e. The van der Waals surface area contributed by atoms with Gasteiger partial charge in [0.1, 0.15) is 5.82 Å². The number of nitro groups is 1. The van der Waals surface area contributed by atoms with Gasteiger partial charge in [0.05, 0.1) is 10.6 Å². The Morgan fingerprint density at radius 2 is 1.95 bits per heavy atom. The first-order valence-corrected chi connectivity index (χ1v) is 6.80. The molecule has 0 radical (unpaired) electrons. The Labute approximate surface area is 123 Å². The van der Waals surface area contributed by atoms with Crippen LogP contribution in [0.1, 0.15) is 16.1 Å². The molecule has 6 nitrogen and oxygen atoms in total. The molecule has 1 aromatic heterocycles. The fourth-order valence-electron chi connectivity index (χ4n) is 1.55. The van der Waals surface area contributed by atoms with Gasteiger partial charge in [0.15, 0.2) is 0 Å². The number of anilines is 1. The van der Waals surface area contributed by atoms with Gasteiger partial charge in [0.2, 0.25) is 0 Å². The van der Waals surface area contributed by atoms with Crippen LogP contribution in [0.25, 0.3) is 0 Å². The van der Waals surface area contributed by atoms with Crippen molar-refractivity contribution < 1.29 is 9.72 Å². The van der Waals surface area contributed by atoms with E-state index < -0.39 is 4.92 Å². The first kappa shape index (κ1) is 14.1. The van der Waals surface area contributed by atoms with Gasteiger partial charge in [-0.05, 0) is 24.3 Å². The highest BCUT2D eigenvalue weighted by atomic mass is 79.9. The number of halogens is 1. The van der Waals surface area contributed by atoms with Crippen LogP contribution in [0.5, 0.6) is 0 Å². The number of non-ortho nitro benzene ring substituents is 1. The predicted molar refractivity (Wildman–Crippen MR) is 77.9 cm³/mol. The van der Waals surface area contributed by atoms with Gasteiger partial charge in [-0.2, -0.15) is 0 Å². The predicted octanol–water partition coefficient (Wildman–Crippen LogP) is 3.14.